The molecule has 0 unspecified atom stereocenters. The van der Waals surface area contributed by atoms with Crippen LogP contribution in [0.4, 0.5) is 5.88 Å². The van der Waals surface area contributed by atoms with Crippen molar-refractivity contribution in [3.05, 3.63) is 39.9 Å². The summed E-state index contributed by atoms with van der Waals surface area (Å²) in [5.41, 5.74) is 5.94. The van der Waals surface area contributed by atoms with Crippen molar-refractivity contribution in [3.63, 3.8) is 0 Å². The molecule has 0 atom stereocenters. The Balaban J connectivity index is 2.14. The van der Waals surface area contributed by atoms with Crippen molar-refractivity contribution in [1.82, 2.24) is 15.0 Å². The molecule has 0 radical (unpaired) electrons. The van der Waals surface area contributed by atoms with Crippen LogP contribution in [0.5, 0.6) is 0 Å². The SMILES string of the molecule is CC(C)(N)c1cn(Cc2ccc([N+](=O)[O-])o2)nn1. The Labute approximate surface area is 103 Å². The zero-order valence-electron chi connectivity index (χ0n) is 10.0. The normalized spacial score (nSPS) is 11.7. The van der Waals surface area contributed by atoms with Gasteiger partial charge < -0.3 is 10.2 Å². The Morgan fingerprint density at radius 2 is 2.28 bits per heavy atom. The zero-order chi connectivity index (χ0) is 13.3. The Morgan fingerprint density at radius 1 is 1.56 bits per heavy atom. The standard InChI is InChI=1S/C10H13N5O3/c1-10(2,11)8-6-14(13-12-8)5-7-3-4-9(18-7)15(16)17/h3-4,6H,5,11H2,1-2H3. The van der Waals surface area contributed by atoms with E-state index in [4.69, 9.17) is 10.2 Å². The second-order valence-electron chi connectivity index (χ2n) is 4.52. The van der Waals surface area contributed by atoms with Gasteiger partial charge in [-0.25, -0.2) is 4.68 Å². The quantitative estimate of drug-likeness (QED) is 0.641. The predicted molar refractivity (Wildman–Crippen MR) is 61.7 cm³/mol. The Hall–Kier alpha value is -2.22. The molecule has 2 N–H and O–H groups in total. The molecule has 0 spiro atoms. The highest BCUT2D eigenvalue weighted by molar-refractivity contribution is 5.18. The minimum atomic E-state index is -0.584. The van der Waals surface area contributed by atoms with E-state index in [1.54, 1.807) is 6.20 Å². The highest BCUT2D eigenvalue weighted by Gasteiger charge is 2.19. The topological polar surface area (TPSA) is 113 Å². The summed E-state index contributed by atoms with van der Waals surface area (Å²) in [6.07, 6.45) is 1.69. The number of aromatic nitrogens is 3. The van der Waals surface area contributed by atoms with Crippen LogP contribution in [0, 0.1) is 10.1 Å². The van der Waals surface area contributed by atoms with Crippen LogP contribution in [0.15, 0.2) is 22.7 Å². The second kappa shape index (κ2) is 4.22. The first-order valence-electron chi connectivity index (χ1n) is 5.29. The molecule has 96 valence electrons. The molecule has 0 saturated carbocycles. The Kier molecular flexibility index (Phi) is 2.87. The lowest BCUT2D eigenvalue weighted by Gasteiger charge is -2.13. The maximum atomic E-state index is 10.5. The summed E-state index contributed by atoms with van der Waals surface area (Å²) >= 11 is 0. The van der Waals surface area contributed by atoms with E-state index in [0.29, 0.717) is 11.5 Å². The van der Waals surface area contributed by atoms with Crippen LogP contribution >= 0.6 is 0 Å². The molecule has 0 aliphatic rings. The molecule has 0 aliphatic carbocycles. The average molecular weight is 251 g/mol. The molecule has 0 saturated heterocycles. The summed E-state index contributed by atoms with van der Waals surface area (Å²) in [6, 6.07) is 2.84. The van der Waals surface area contributed by atoms with Gasteiger partial charge in [0.05, 0.1) is 17.8 Å². The third-order valence-electron chi connectivity index (χ3n) is 2.34. The summed E-state index contributed by atoms with van der Waals surface area (Å²) in [5.74, 6) is 0.150. The molecule has 0 aromatic carbocycles. The van der Waals surface area contributed by atoms with Gasteiger partial charge >= 0.3 is 5.88 Å². The molecule has 0 amide bonds. The number of hydrogen-bond acceptors (Lipinski definition) is 6. The molecule has 0 bridgehead atoms. The van der Waals surface area contributed by atoms with Gasteiger partial charge in [0.25, 0.3) is 0 Å². The van der Waals surface area contributed by atoms with E-state index in [-0.39, 0.29) is 12.4 Å². The fourth-order valence-electron chi connectivity index (χ4n) is 1.38. The van der Waals surface area contributed by atoms with Crippen LogP contribution in [0.1, 0.15) is 25.3 Å². The number of hydrogen-bond donors (Lipinski definition) is 1. The smallest absolute Gasteiger partial charge is 0.404 e. The number of furan rings is 1. The summed E-state index contributed by atoms with van der Waals surface area (Å²) in [5, 5.41) is 18.3. The van der Waals surface area contributed by atoms with Crippen LogP contribution in [0.25, 0.3) is 0 Å². The van der Waals surface area contributed by atoms with E-state index >= 15 is 0 Å². The van der Waals surface area contributed by atoms with Crippen molar-refractivity contribution in [2.45, 2.75) is 25.9 Å². The van der Waals surface area contributed by atoms with Crippen LogP contribution in [0.2, 0.25) is 0 Å². The van der Waals surface area contributed by atoms with Crippen LogP contribution in [-0.4, -0.2) is 19.9 Å². The fraction of sp³-hybridized carbons (Fsp3) is 0.400. The van der Waals surface area contributed by atoms with Crippen molar-refractivity contribution in [1.29, 1.82) is 0 Å². The molecule has 2 heterocycles. The number of nitro groups is 1. The molecule has 8 nitrogen and oxygen atoms in total. The molecule has 18 heavy (non-hydrogen) atoms. The van der Waals surface area contributed by atoms with Gasteiger partial charge in [-0.2, -0.15) is 0 Å². The summed E-state index contributed by atoms with van der Waals surface area (Å²) in [6.45, 7) is 3.91. The third-order valence-corrected chi connectivity index (χ3v) is 2.34. The number of rotatable bonds is 4. The first-order chi connectivity index (χ1) is 8.36. The molecule has 2 rings (SSSR count). The molecule has 0 fully saturated rings. The number of nitrogens with zero attached hydrogens (tertiary/aromatic N) is 4. The van der Waals surface area contributed by atoms with E-state index in [0.717, 1.165) is 0 Å². The lowest BCUT2D eigenvalue weighted by atomic mass is 10.0. The number of nitrogens with two attached hydrogens (primary N) is 1. The van der Waals surface area contributed by atoms with E-state index in [2.05, 4.69) is 10.3 Å². The minimum Gasteiger partial charge on any atom is -0.404 e. The molecular formula is C10H13N5O3. The van der Waals surface area contributed by atoms with Crippen LogP contribution in [-0.2, 0) is 12.1 Å². The minimum absolute atomic E-state index is 0.275. The summed E-state index contributed by atoms with van der Waals surface area (Å²) in [7, 11) is 0. The summed E-state index contributed by atoms with van der Waals surface area (Å²) in [4.78, 5) is 9.88. The first-order valence-corrected chi connectivity index (χ1v) is 5.29. The van der Waals surface area contributed by atoms with E-state index in [1.165, 1.54) is 16.8 Å². The molecule has 2 aromatic heterocycles. The van der Waals surface area contributed by atoms with E-state index in [1.807, 2.05) is 13.8 Å². The molecule has 2 aromatic rings. The first kappa shape index (κ1) is 12.2. The lowest BCUT2D eigenvalue weighted by Crippen LogP contribution is -2.29. The lowest BCUT2D eigenvalue weighted by molar-refractivity contribution is -0.402. The van der Waals surface area contributed by atoms with E-state index < -0.39 is 10.5 Å². The van der Waals surface area contributed by atoms with Crippen molar-refractivity contribution >= 4 is 5.88 Å². The van der Waals surface area contributed by atoms with Crippen molar-refractivity contribution in [2.75, 3.05) is 0 Å². The predicted octanol–water partition coefficient (Wildman–Crippen LogP) is 1.02. The van der Waals surface area contributed by atoms with Gasteiger partial charge in [-0.3, -0.25) is 10.1 Å². The maximum Gasteiger partial charge on any atom is 0.433 e. The average Bonchev–Trinajstić information content (AvgIpc) is 2.85. The van der Waals surface area contributed by atoms with Crippen molar-refractivity contribution in [2.24, 2.45) is 5.73 Å². The second-order valence-corrected chi connectivity index (χ2v) is 4.52. The van der Waals surface area contributed by atoms with Gasteiger partial charge in [-0.05, 0) is 19.9 Å². The van der Waals surface area contributed by atoms with Gasteiger partial charge in [0.2, 0.25) is 0 Å². The van der Waals surface area contributed by atoms with Crippen molar-refractivity contribution in [3.8, 4) is 0 Å². The summed E-state index contributed by atoms with van der Waals surface area (Å²) < 4.78 is 6.55. The highest BCUT2D eigenvalue weighted by Crippen LogP contribution is 2.17. The monoisotopic (exact) mass is 251 g/mol. The van der Waals surface area contributed by atoms with Crippen LogP contribution in [0.3, 0.4) is 0 Å². The maximum absolute atomic E-state index is 10.5. The zero-order valence-corrected chi connectivity index (χ0v) is 10.0. The highest BCUT2D eigenvalue weighted by atomic mass is 16.6. The molecule has 0 aliphatic heterocycles. The molecular weight excluding hydrogens is 238 g/mol. The Bertz CT molecular complexity index is 566. The molecule has 8 heteroatoms. The largest absolute Gasteiger partial charge is 0.433 e. The van der Waals surface area contributed by atoms with Crippen LogP contribution < -0.4 is 5.73 Å². The van der Waals surface area contributed by atoms with Gasteiger partial charge in [-0.15, -0.1) is 5.10 Å². The van der Waals surface area contributed by atoms with Gasteiger partial charge in [0.15, 0.2) is 0 Å². The van der Waals surface area contributed by atoms with Gasteiger partial charge in [0, 0.05) is 0 Å². The third kappa shape index (κ3) is 2.54. The fourth-order valence-corrected chi connectivity index (χ4v) is 1.38. The van der Waals surface area contributed by atoms with Gasteiger partial charge in [-0.1, -0.05) is 5.21 Å². The van der Waals surface area contributed by atoms with E-state index in [9.17, 15) is 10.1 Å². The van der Waals surface area contributed by atoms with Crippen molar-refractivity contribution < 1.29 is 9.34 Å². The van der Waals surface area contributed by atoms with Gasteiger partial charge in [0.1, 0.15) is 22.9 Å². The Morgan fingerprint density at radius 3 is 2.78 bits per heavy atom.